The maximum atomic E-state index is 14.9. The largest absolute Gasteiger partial charge is 0.464 e. The van der Waals surface area contributed by atoms with Gasteiger partial charge in [-0.15, -0.1) is 0 Å². The monoisotopic (exact) mass is 978 g/mol. The van der Waals surface area contributed by atoms with Crippen molar-refractivity contribution in [3.05, 3.63) is 72.1 Å². The van der Waals surface area contributed by atoms with Crippen LogP contribution in [0, 0.1) is 11.3 Å². The smallest absolute Gasteiger partial charge is 0.324 e. The molecule has 71 heavy (non-hydrogen) atoms. The molecule has 2 N–H and O–H groups in total. The lowest BCUT2D eigenvalue weighted by molar-refractivity contribution is -0.155. The van der Waals surface area contributed by atoms with Crippen LogP contribution in [0.15, 0.2) is 55.3 Å². The Bertz CT molecular complexity index is 2550. The number of carbonyl (C=O) groups is 5. The van der Waals surface area contributed by atoms with Gasteiger partial charge >= 0.3 is 12.0 Å². The van der Waals surface area contributed by atoms with Crippen LogP contribution in [0.3, 0.4) is 0 Å². The first-order chi connectivity index (χ1) is 33.9. The molecule has 6 atom stereocenters. The third-order valence-electron chi connectivity index (χ3n) is 15.6. The highest BCUT2D eigenvalue weighted by Gasteiger charge is 2.50. The number of fused-ring (bicyclic) bond motifs is 6. The number of aromatic nitrogens is 2. The van der Waals surface area contributed by atoms with E-state index in [0.29, 0.717) is 71.4 Å². The summed E-state index contributed by atoms with van der Waals surface area (Å²) in [6.45, 7) is 21.4. The van der Waals surface area contributed by atoms with Gasteiger partial charge in [-0.3, -0.25) is 34.1 Å². The molecule has 17 nitrogen and oxygen atoms in total. The topological polar surface area (TPSA) is 171 Å². The molecule has 0 saturated carbocycles. The summed E-state index contributed by atoms with van der Waals surface area (Å²) in [6, 6.07) is 7.58. The molecule has 3 saturated heterocycles. The van der Waals surface area contributed by atoms with Gasteiger partial charge in [0.15, 0.2) is 0 Å². The highest BCUT2D eigenvalue weighted by Crippen LogP contribution is 2.42. The van der Waals surface area contributed by atoms with Crippen molar-refractivity contribution in [1.82, 2.24) is 44.9 Å². The average Bonchev–Trinajstić information content (AvgIpc) is 3.85. The van der Waals surface area contributed by atoms with Gasteiger partial charge in [-0.2, -0.15) is 0 Å². The van der Waals surface area contributed by atoms with Gasteiger partial charge in [0.1, 0.15) is 24.9 Å². The van der Waals surface area contributed by atoms with Crippen LogP contribution in [-0.2, 0) is 46.4 Å². The number of urea groups is 1. The summed E-state index contributed by atoms with van der Waals surface area (Å²) in [7, 11) is 3.34. The van der Waals surface area contributed by atoms with Crippen molar-refractivity contribution >= 4 is 46.2 Å². The summed E-state index contributed by atoms with van der Waals surface area (Å²) in [5.74, 6) is -1.73. The number of pyridine rings is 1. The first-order valence-corrected chi connectivity index (χ1v) is 25.6. The molecule has 384 valence electrons. The van der Waals surface area contributed by atoms with Crippen LogP contribution in [-0.4, -0.2) is 160 Å². The molecular weight excluding hydrogens is 903 g/mol. The molecule has 8 rings (SSSR count). The van der Waals surface area contributed by atoms with Crippen LogP contribution in [0.25, 0.3) is 27.7 Å². The van der Waals surface area contributed by atoms with Gasteiger partial charge in [0.05, 0.1) is 35.7 Å². The lowest BCUT2D eigenvalue weighted by Gasteiger charge is -2.43. The van der Waals surface area contributed by atoms with Gasteiger partial charge < -0.3 is 38.8 Å². The van der Waals surface area contributed by atoms with Crippen molar-refractivity contribution in [3.8, 4) is 11.3 Å². The number of amides is 5. The van der Waals surface area contributed by atoms with Crippen LogP contribution in [0.4, 0.5) is 4.79 Å². The van der Waals surface area contributed by atoms with E-state index in [9.17, 15) is 24.0 Å². The Kier molecular flexibility index (Phi) is 15.5. The van der Waals surface area contributed by atoms with Crippen molar-refractivity contribution in [3.63, 3.8) is 0 Å². The molecule has 5 amide bonds. The van der Waals surface area contributed by atoms with Crippen LogP contribution in [0.1, 0.15) is 103 Å². The second-order valence-electron chi connectivity index (χ2n) is 21.3. The summed E-state index contributed by atoms with van der Waals surface area (Å²) < 4.78 is 20.6. The molecule has 1 unspecified atom stereocenters. The third-order valence-corrected chi connectivity index (χ3v) is 15.6. The van der Waals surface area contributed by atoms with Crippen LogP contribution < -0.4 is 10.7 Å². The van der Waals surface area contributed by atoms with Crippen LogP contribution in [0.2, 0.25) is 0 Å². The number of hydrazine groups is 1. The molecule has 3 aromatic rings. The van der Waals surface area contributed by atoms with Crippen LogP contribution >= 0.6 is 0 Å². The van der Waals surface area contributed by atoms with Gasteiger partial charge in [-0.1, -0.05) is 46.4 Å². The highest BCUT2D eigenvalue weighted by atomic mass is 16.5. The lowest BCUT2D eigenvalue weighted by Crippen LogP contribution is -2.64. The number of piperidine rings is 1. The number of hydrogen-bond donors (Lipinski definition) is 2. The Morgan fingerprint density at radius 1 is 1.10 bits per heavy atom. The van der Waals surface area contributed by atoms with E-state index < -0.39 is 41.0 Å². The molecule has 7 heterocycles. The Labute approximate surface area is 418 Å². The van der Waals surface area contributed by atoms with E-state index in [1.165, 1.54) is 16.0 Å². The minimum atomic E-state index is -1.01. The van der Waals surface area contributed by atoms with E-state index in [4.69, 9.17) is 19.2 Å². The molecule has 5 aliphatic rings. The fraction of sp³-hybridized carbons (Fsp3) is 0.593. The standard InChI is InChI=1S/C54H75N9O8/c1-11-45(64)62-33-71-54(36(62)6)21-26-60(27-22-54)52(68)58(9)47(34(3)4)49(65)56-43-31-59-24-14-16-38(30-59)37-19-20-44-40(28-37)41(48(61(44)12-2)39-17-13-23-55-46(39)35(5)69-10)29-53(7,8)32-70-51(67)42-18-15-25-63(57-42)50(43)66/h11,13,16-17,19-20,23,28,34-36,42-43,47,57H,1,12,14-15,18,21-22,24-27,29-33H2,2-10H3,(H,56,65)/t35-,36-,42-,43-,47-/m0/s1. The molecule has 2 aromatic heterocycles. The minimum absolute atomic E-state index is 0.145. The SMILES string of the molecule is C=CC(=O)N1COC2(CCN(C(=O)N(C)[C@H](C(=O)N[C@H]3CN4CCC=C(C4)c4ccc5c(c4)c(c(-c4cccnc4[C@H](C)OC)n5CC)CC(C)(C)COC(=O)[C@@H]4CCCN(N4)C3=O)C(C)C)CC2)[C@@H]1C. The Morgan fingerprint density at radius 3 is 2.56 bits per heavy atom. The number of ether oxygens (including phenoxy) is 3. The molecular formula is C54H75N9O8. The number of nitrogens with zero attached hydrogens (tertiary/aromatic N) is 7. The molecule has 17 heteroatoms. The number of aryl methyl sites for hydroxylation is 1. The van der Waals surface area contributed by atoms with Crippen molar-refractivity contribution in [2.24, 2.45) is 11.3 Å². The Morgan fingerprint density at radius 2 is 1.86 bits per heavy atom. The molecule has 1 spiro atoms. The summed E-state index contributed by atoms with van der Waals surface area (Å²) >= 11 is 0. The minimum Gasteiger partial charge on any atom is -0.464 e. The maximum absolute atomic E-state index is 14.9. The zero-order chi connectivity index (χ0) is 50.9. The number of methoxy groups -OCH3 is 1. The lowest BCUT2D eigenvalue weighted by atomic mass is 9.84. The fourth-order valence-corrected chi connectivity index (χ4v) is 11.6. The van der Waals surface area contributed by atoms with Crippen molar-refractivity contribution in [2.45, 2.75) is 129 Å². The second kappa shape index (κ2) is 21.2. The van der Waals surface area contributed by atoms with E-state index in [0.717, 1.165) is 51.0 Å². The summed E-state index contributed by atoms with van der Waals surface area (Å²) in [6.07, 6.45) is 8.58. The molecule has 0 radical (unpaired) electrons. The molecule has 6 bridgehead atoms. The van der Waals surface area contributed by atoms with Crippen molar-refractivity contribution in [1.29, 1.82) is 0 Å². The molecule has 1 aromatic carbocycles. The Hall–Kier alpha value is -5.62. The van der Waals surface area contributed by atoms with Crippen molar-refractivity contribution in [2.75, 3.05) is 66.8 Å². The first kappa shape index (κ1) is 51.7. The van der Waals surface area contributed by atoms with Gasteiger partial charge in [-0.25, -0.2) is 10.2 Å². The zero-order valence-electron chi connectivity index (χ0n) is 43.3. The third kappa shape index (κ3) is 10.4. The van der Waals surface area contributed by atoms with Gasteiger partial charge in [-0.05, 0) is 112 Å². The van der Waals surface area contributed by atoms with Crippen LogP contribution in [0.5, 0.6) is 0 Å². The number of hydrogen-bond acceptors (Lipinski definition) is 11. The maximum Gasteiger partial charge on any atom is 0.324 e. The van der Waals surface area contributed by atoms with E-state index >= 15 is 0 Å². The number of likely N-dealkylation sites (N-methyl/N-ethyl adjacent to an activating group) is 1. The number of rotatable bonds is 9. The van der Waals surface area contributed by atoms with Crippen molar-refractivity contribution < 1.29 is 38.2 Å². The number of esters is 1. The summed E-state index contributed by atoms with van der Waals surface area (Å²) in [5.41, 5.74) is 9.48. The Balaban J connectivity index is 1.09. The van der Waals surface area contributed by atoms with Gasteiger partial charge in [0.25, 0.3) is 5.91 Å². The molecule has 5 aliphatic heterocycles. The fourth-order valence-electron chi connectivity index (χ4n) is 11.6. The van der Waals surface area contributed by atoms with Gasteiger partial charge in [0.2, 0.25) is 11.8 Å². The quantitative estimate of drug-likeness (QED) is 0.193. The number of likely N-dealkylation sites (tertiary alicyclic amines) is 1. The normalized spacial score (nSPS) is 24.5. The predicted molar refractivity (Wildman–Crippen MR) is 271 cm³/mol. The zero-order valence-corrected chi connectivity index (χ0v) is 43.3. The second-order valence-corrected chi connectivity index (χ2v) is 21.3. The van der Waals surface area contributed by atoms with E-state index in [2.05, 4.69) is 77.9 Å². The number of carbonyl (C=O) groups excluding carboxylic acids is 5. The number of benzene rings is 1. The van der Waals surface area contributed by atoms with E-state index in [1.807, 2.05) is 33.8 Å². The average molecular weight is 978 g/mol. The number of nitrogens with one attached hydrogen (secondary N) is 2. The van der Waals surface area contributed by atoms with E-state index in [1.54, 1.807) is 30.2 Å². The predicted octanol–water partition coefficient (Wildman–Crippen LogP) is 5.93. The summed E-state index contributed by atoms with van der Waals surface area (Å²) in [4.78, 5) is 82.3. The first-order valence-electron chi connectivity index (χ1n) is 25.6. The molecule has 3 fully saturated rings. The van der Waals surface area contributed by atoms with E-state index in [-0.39, 0.29) is 55.8 Å². The van der Waals surface area contributed by atoms with Gasteiger partial charge in [0, 0.05) is 88.0 Å². The summed E-state index contributed by atoms with van der Waals surface area (Å²) in [5, 5.41) is 5.71. The highest BCUT2D eigenvalue weighted by molar-refractivity contribution is 5.95. The number of cyclic esters (lactones) is 1. The molecule has 0 aliphatic carbocycles.